The van der Waals surface area contributed by atoms with E-state index in [2.05, 4.69) is 13.2 Å². The minimum atomic E-state index is -0.586. The van der Waals surface area contributed by atoms with E-state index in [-0.39, 0.29) is 17.7 Å². The number of para-hydroxylation sites is 1. The quantitative estimate of drug-likeness (QED) is 0.642. The van der Waals surface area contributed by atoms with Gasteiger partial charge in [0.2, 0.25) is 0 Å². The Kier molecular flexibility index (Phi) is 4.36. The van der Waals surface area contributed by atoms with Crippen molar-refractivity contribution in [2.24, 2.45) is 0 Å². The van der Waals surface area contributed by atoms with Gasteiger partial charge < -0.3 is 4.74 Å². The largest absolute Gasteiger partial charge is 0.462 e. The highest BCUT2D eigenvalue weighted by Gasteiger charge is 2.24. The molecule has 0 atom stereocenters. The number of benzene rings is 1. The topological polar surface area (TPSA) is 70.3 Å². The summed E-state index contributed by atoms with van der Waals surface area (Å²) in [5, 5.41) is 0. The van der Waals surface area contributed by atoms with Gasteiger partial charge in [-0.05, 0) is 32.9 Å². The molecule has 6 heteroatoms. The van der Waals surface area contributed by atoms with Crippen molar-refractivity contribution in [3.05, 3.63) is 53.0 Å². The summed E-state index contributed by atoms with van der Waals surface area (Å²) in [6, 6.07) is 4.74. The van der Waals surface area contributed by atoms with Crippen molar-refractivity contribution in [2.75, 3.05) is 6.61 Å². The number of fused-ring (bicyclic) bond motifs is 1. The molecule has 23 heavy (non-hydrogen) atoms. The molecule has 0 fully saturated rings. The van der Waals surface area contributed by atoms with Crippen LogP contribution in [0.3, 0.4) is 0 Å². The summed E-state index contributed by atoms with van der Waals surface area (Å²) in [7, 11) is 0. The monoisotopic (exact) mass is 314 g/mol. The lowest BCUT2D eigenvalue weighted by molar-refractivity contribution is 0.0528. The van der Waals surface area contributed by atoms with E-state index < -0.39 is 17.6 Å². The van der Waals surface area contributed by atoms with Crippen molar-refractivity contribution in [1.82, 2.24) is 9.13 Å². The zero-order valence-electron chi connectivity index (χ0n) is 13.4. The lowest BCUT2D eigenvalue weighted by atomic mass is 10.1. The molecule has 0 spiro atoms. The minimum absolute atomic E-state index is 0.206. The lowest BCUT2D eigenvalue weighted by Gasteiger charge is -2.07. The molecular weight excluding hydrogens is 296 g/mol. The van der Waals surface area contributed by atoms with Crippen molar-refractivity contribution in [3.63, 3.8) is 0 Å². The van der Waals surface area contributed by atoms with Crippen molar-refractivity contribution < 1.29 is 14.3 Å². The third kappa shape index (κ3) is 2.63. The van der Waals surface area contributed by atoms with E-state index in [1.54, 1.807) is 32.0 Å². The standard InChI is InChI=1S/C17H18N2O4/c1-6-23-16(21)12-8-7-9-13-14(12)18(11(4)5)17(22)19(13)15(20)10(2)3/h7-9H,2,4,6H2,1,3,5H3. The Bertz CT molecular complexity index is 899. The Hall–Kier alpha value is -2.89. The van der Waals surface area contributed by atoms with Crippen LogP contribution in [0, 0.1) is 0 Å². The minimum Gasteiger partial charge on any atom is -0.462 e. The molecular formula is C17H18N2O4. The first kappa shape index (κ1) is 16.5. The fourth-order valence-corrected chi connectivity index (χ4v) is 2.36. The Balaban J connectivity index is 2.96. The molecule has 0 aliphatic rings. The molecule has 0 saturated carbocycles. The number of hydrogen-bond donors (Lipinski definition) is 0. The zero-order valence-corrected chi connectivity index (χ0v) is 13.4. The molecule has 0 amide bonds. The van der Waals surface area contributed by atoms with Gasteiger partial charge in [-0.25, -0.2) is 14.2 Å². The maximum atomic E-state index is 12.7. The molecule has 0 radical (unpaired) electrons. The molecule has 0 aliphatic heterocycles. The van der Waals surface area contributed by atoms with Gasteiger partial charge in [0.1, 0.15) is 0 Å². The summed E-state index contributed by atoms with van der Waals surface area (Å²) in [6.07, 6.45) is 0. The fraction of sp³-hybridized carbons (Fsp3) is 0.235. The SMILES string of the molecule is C=C(C)C(=O)n1c(=O)n(C(=C)C)c2c(C(=O)OCC)cccc21. The number of carbonyl (C=O) groups is 2. The number of esters is 1. The van der Waals surface area contributed by atoms with E-state index in [9.17, 15) is 14.4 Å². The van der Waals surface area contributed by atoms with Crippen LogP contribution in [-0.2, 0) is 4.74 Å². The van der Waals surface area contributed by atoms with Crippen molar-refractivity contribution in [3.8, 4) is 0 Å². The second-order valence-corrected chi connectivity index (χ2v) is 5.17. The first-order chi connectivity index (χ1) is 10.8. The number of allylic oxidation sites excluding steroid dienone is 2. The summed E-state index contributed by atoms with van der Waals surface area (Å²) in [4.78, 5) is 37.2. The molecule has 1 aromatic heterocycles. The van der Waals surface area contributed by atoms with Crippen LogP contribution in [0.5, 0.6) is 0 Å². The van der Waals surface area contributed by atoms with Crippen LogP contribution in [0.4, 0.5) is 0 Å². The van der Waals surface area contributed by atoms with Gasteiger partial charge in [0, 0.05) is 11.3 Å². The molecule has 120 valence electrons. The number of ether oxygens (including phenoxy) is 1. The Morgan fingerprint density at radius 1 is 1.17 bits per heavy atom. The zero-order chi connectivity index (χ0) is 17.3. The second-order valence-electron chi connectivity index (χ2n) is 5.17. The van der Waals surface area contributed by atoms with E-state index in [0.29, 0.717) is 16.7 Å². The van der Waals surface area contributed by atoms with Gasteiger partial charge in [0.05, 0.1) is 23.2 Å². The summed E-state index contributed by atoms with van der Waals surface area (Å²) >= 11 is 0. The summed E-state index contributed by atoms with van der Waals surface area (Å²) in [5.41, 5.74) is 0.851. The summed E-state index contributed by atoms with van der Waals surface area (Å²) in [5.74, 6) is -1.09. The molecule has 0 bridgehead atoms. The van der Waals surface area contributed by atoms with Gasteiger partial charge in [-0.2, -0.15) is 0 Å². The normalized spacial score (nSPS) is 10.6. The molecule has 0 N–H and O–H groups in total. The van der Waals surface area contributed by atoms with Gasteiger partial charge >= 0.3 is 11.7 Å². The highest BCUT2D eigenvalue weighted by molar-refractivity contribution is 6.07. The predicted molar refractivity (Wildman–Crippen MR) is 88.6 cm³/mol. The smallest absolute Gasteiger partial charge is 0.340 e. The van der Waals surface area contributed by atoms with Gasteiger partial charge in [0.15, 0.2) is 0 Å². The van der Waals surface area contributed by atoms with Crippen LogP contribution >= 0.6 is 0 Å². The number of rotatable bonds is 4. The average Bonchev–Trinajstić information content (AvgIpc) is 2.78. The highest BCUT2D eigenvalue weighted by atomic mass is 16.5. The highest BCUT2D eigenvalue weighted by Crippen LogP contribution is 2.22. The predicted octanol–water partition coefficient (Wildman–Crippen LogP) is 2.69. The van der Waals surface area contributed by atoms with Gasteiger partial charge in [-0.3, -0.25) is 9.36 Å². The molecule has 6 nitrogen and oxygen atoms in total. The maximum absolute atomic E-state index is 12.7. The van der Waals surface area contributed by atoms with E-state index in [1.807, 2.05) is 0 Å². The number of nitrogens with zero attached hydrogens (tertiary/aromatic N) is 2. The first-order valence-corrected chi connectivity index (χ1v) is 7.11. The average molecular weight is 314 g/mol. The van der Waals surface area contributed by atoms with Crippen LogP contribution in [0.25, 0.3) is 16.7 Å². The Labute approximate surface area is 133 Å². The number of hydrogen-bond acceptors (Lipinski definition) is 4. The lowest BCUT2D eigenvalue weighted by Crippen LogP contribution is -2.28. The van der Waals surface area contributed by atoms with Crippen LogP contribution in [0.15, 0.2) is 41.7 Å². The maximum Gasteiger partial charge on any atom is 0.340 e. The molecule has 0 aliphatic carbocycles. The van der Waals surface area contributed by atoms with Gasteiger partial charge in [-0.15, -0.1) is 0 Å². The number of imidazole rings is 1. The van der Waals surface area contributed by atoms with Gasteiger partial charge in [-0.1, -0.05) is 19.2 Å². The van der Waals surface area contributed by atoms with E-state index in [4.69, 9.17) is 4.74 Å². The van der Waals surface area contributed by atoms with E-state index >= 15 is 0 Å². The molecule has 2 rings (SSSR count). The van der Waals surface area contributed by atoms with Gasteiger partial charge in [0.25, 0.3) is 5.91 Å². The molecule has 1 heterocycles. The molecule has 2 aromatic rings. The van der Waals surface area contributed by atoms with Crippen LogP contribution < -0.4 is 5.69 Å². The van der Waals surface area contributed by atoms with Crippen LogP contribution in [0.2, 0.25) is 0 Å². The number of carbonyl (C=O) groups excluding carboxylic acids is 2. The van der Waals surface area contributed by atoms with Crippen molar-refractivity contribution in [2.45, 2.75) is 20.8 Å². The summed E-state index contributed by atoms with van der Waals surface area (Å²) in [6.45, 7) is 12.4. The van der Waals surface area contributed by atoms with Crippen molar-refractivity contribution in [1.29, 1.82) is 0 Å². The third-order valence-electron chi connectivity index (χ3n) is 3.31. The van der Waals surface area contributed by atoms with E-state index in [1.165, 1.54) is 11.5 Å². The summed E-state index contributed by atoms with van der Waals surface area (Å²) < 4.78 is 7.27. The Morgan fingerprint density at radius 3 is 2.35 bits per heavy atom. The fourth-order valence-electron chi connectivity index (χ4n) is 2.36. The van der Waals surface area contributed by atoms with Crippen LogP contribution in [-0.4, -0.2) is 27.6 Å². The van der Waals surface area contributed by atoms with Crippen molar-refractivity contribution >= 4 is 28.6 Å². The molecule has 1 aromatic carbocycles. The van der Waals surface area contributed by atoms with E-state index in [0.717, 1.165) is 4.57 Å². The molecule has 0 saturated heterocycles. The number of aromatic nitrogens is 2. The molecule has 0 unspecified atom stereocenters. The Morgan fingerprint density at radius 2 is 1.83 bits per heavy atom. The second kappa shape index (κ2) is 6.08. The van der Waals surface area contributed by atoms with Crippen LogP contribution in [0.1, 0.15) is 35.9 Å². The third-order valence-corrected chi connectivity index (χ3v) is 3.31. The first-order valence-electron chi connectivity index (χ1n) is 7.11.